The van der Waals surface area contributed by atoms with E-state index in [0.717, 1.165) is 32.5 Å². The Hall–Kier alpha value is -2.60. The first-order chi connectivity index (χ1) is 13.2. The van der Waals surface area contributed by atoms with Crippen molar-refractivity contribution in [2.75, 3.05) is 33.9 Å². The molecule has 144 valence electrons. The molecule has 27 heavy (non-hydrogen) atoms. The number of benzene rings is 1. The quantitative estimate of drug-likeness (QED) is 0.813. The molecular weight excluding hydrogens is 342 g/mol. The monoisotopic (exact) mass is 369 g/mol. The summed E-state index contributed by atoms with van der Waals surface area (Å²) in [6, 6.07) is 9.41. The van der Waals surface area contributed by atoms with Gasteiger partial charge in [-0.05, 0) is 49.1 Å². The van der Waals surface area contributed by atoms with E-state index in [-0.39, 0.29) is 5.91 Å². The zero-order chi connectivity index (χ0) is 19.1. The Balaban J connectivity index is 1.56. The van der Waals surface area contributed by atoms with Crippen LogP contribution < -0.4 is 14.8 Å². The van der Waals surface area contributed by atoms with Crippen LogP contribution in [0, 0.1) is 5.92 Å². The molecular formula is C21H27N3O3. The fourth-order valence-corrected chi connectivity index (χ4v) is 3.61. The summed E-state index contributed by atoms with van der Waals surface area (Å²) in [5, 5.41) is 3.07. The minimum atomic E-state index is -0.130. The van der Waals surface area contributed by atoms with E-state index >= 15 is 0 Å². The highest BCUT2D eigenvalue weighted by molar-refractivity contribution is 5.97. The van der Waals surface area contributed by atoms with Crippen molar-refractivity contribution >= 4 is 5.91 Å². The van der Waals surface area contributed by atoms with Crippen LogP contribution in [0.15, 0.2) is 42.7 Å². The van der Waals surface area contributed by atoms with E-state index in [4.69, 9.17) is 9.47 Å². The zero-order valence-electron chi connectivity index (χ0n) is 16.0. The Morgan fingerprint density at radius 1 is 1.26 bits per heavy atom. The number of aromatic nitrogens is 1. The topological polar surface area (TPSA) is 63.7 Å². The molecule has 1 aromatic heterocycles. The number of nitrogens with zero attached hydrogens (tertiary/aromatic N) is 2. The van der Waals surface area contributed by atoms with Crippen LogP contribution in [-0.2, 0) is 6.54 Å². The lowest BCUT2D eigenvalue weighted by Gasteiger charge is -2.32. The molecule has 0 bridgehead atoms. The summed E-state index contributed by atoms with van der Waals surface area (Å²) < 4.78 is 10.6. The molecule has 1 atom stereocenters. The van der Waals surface area contributed by atoms with Crippen molar-refractivity contribution in [3.63, 3.8) is 0 Å². The average molecular weight is 369 g/mol. The van der Waals surface area contributed by atoms with E-state index in [2.05, 4.69) is 21.3 Å². The van der Waals surface area contributed by atoms with Crippen molar-refractivity contribution in [2.24, 2.45) is 5.92 Å². The molecule has 2 heterocycles. The van der Waals surface area contributed by atoms with Crippen molar-refractivity contribution in [3.8, 4) is 11.5 Å². The predicted octanol–water partition coefficient (Wildman–Crippen LogP) is 2.74. The molecule has 6 nitrogen and oxygen atoms in total. The summed E-state index contributed by atoms with van der Waals surface area (Å²) in [7, 11) is 3.12. The number of amides is 1. The SMILES string of the molecule is COc1cccc(C(=O)NCC2CCCN(Cc3cccnc3)C2)c1OC. The van der Waals surface area contributed by atoms with Gasteiger partial charge in [-0.15, -0.1) is 0 Å². The number of pyridine rings is 1. The van der Waals surface area contributed by atoms with Crippen LogP contribution in [0.1, 0.15) is 28.8 Å². The molecule has 1 aromatic carbocycles. The predicted molar refractivity (Wildman–Crippen MR) is 104 cm³/mol. The molecule has 1 fully saturated rings. The molecule has 6 heteroatoms. The van der Waals surface area contributed by atoms with Gasteiger partial charge in [-0.25, -0.2) is 0 Å². The summed E-state index contributed by atoms with van der Waals surface area (Å²) in [5.74, 6) is 1.34. The minimum absolute atomic E-state index is 0.130. The number of carbonyl (C=O) groups is 1. The molecule has 1 N–H and O–H groups in total. The number of para-hydroxylation sites is 1. The number of hydrogen-bond acceptors (Lipinski definition) is 5. The van der Waals surface area contributed by atoms with E-state index in [1.807, 2.05) is 12.3 Å². The first-order valence-electron chi connectivity index (χ1n) is 9.31. The molecule has 0 aliphatic carbocycles. The Labute approximate surface area is 160 Å². The van der Waals surface area contributed by atoms with E-state index < -0.39 is 0 Å². The van der Waals surface area contributed by atoms with Crippen LogP contribution in [0.25, 0.3) is 0 Å². The maximum atomic E-state index is 12.6. The minimum Gasteiger partial charge on any atom is -0.493 e. The molecule has 0 saturated carbocycles. The maximum Gasteiger partial charge on any atom is 0.255 e. The maximum absolute atomic E-state index is 12.6. The fraction of sp³-hybridized carbons (Fsp3) is 0.429. The fourth-order valence-electron chi connectivity index (χ4n) is 3.61. The normalized spacial score (nSPS) is 17.3. The van der Waals surface area contributed by atoms with E-state index in [0.29, 0.717) is 29.5 Å². The third kappa shape index (κ3) is 4.98. The first kappa shape index (κ1) is 19.2. The second-order valence-corrected chi connectivity index (χ2v) is 6.86. The van der Waals surface area contributed by atoms with E-state index in [1.165, 1.54) is 5.56 Å². The molecule has 1 saturated heterocycles. The zero-order valence-corrected chi connectivity index (χ0v) is 16.0. The highest BCUT2D eigenvalue weighted by Gasteiger charge is 2.22. The van der Waals surface area contributed by atoms with Gasteiger partial charge < -0.3 is 14.8 Å². The smallest absolute Gasteiger partial charge is 0.255 e. The van der Waals surface area contributed by atoms with Crippen LogP contribution in [0.5, 0.6) is 11.5 Å². The third-order valence-electron chi connectivity index (χ3n) is 4.93. The van der Waals surface area contributed by atoms with Gasteiger partial charge in [-0.2, -0.15) is 0 Å². The molecule has 1 unspecified atom stereocenters. The standard InChI is InChI=1S/C21H27N3O3/c1-26-19-9-3-8-18(20(19)27-2)21(25)23-13-17-7-5-11-24(15-17)14-16-6-4-10-22-12-16/h3-4,6,8-10,12,17H,5,7,11,13-15H2,1-2H3,(H,23,25). The molecule has 1 amide bonds. The van der Waals surface area contributed by atoms with Crippen LogP contribution in [0.2, 0.25) is 0 Å². The Bertz CT molecular complexity index is 752. The summed E-state index contributed by atoms with van der Waals surface area (Å²) in [5.41, 5.74) is 1.73. The second kappa shape index (κ2) is 9.37. The van der Waals surface area contributed by atoms with Crippen molar-refractivity contribution in [3.05, 3.63) is 53.9 Å². The molecule has 1 aliphatic heterocycles. The average Bonchev–Trinajstić information content (AvgIpc) is 2.72. The number of ether oxygens (including phenoxy) is 2. The van der Waals surface area contributed by atoms with Gasteiger partial charge in [0.2, 0.25) is 0 Å². The summed E-state index contributed by atoms with van der Waals surface area (Å²) in [4.78, 5) is 19.3. The summed E-state index contributed by atoms with van der Waals surface area (Å²) in [6.45, 7) is 3.62. The molecule has 2 aromatic rings. The van der Waals surface area contributed by atoms with Crippen LogP contribution in [0.4, 0.5) is 0 Å². The summed E-state index contributed by atoms with van der Waals surface area (Å²) in [6.07, 6.45) is 5.98. The van der Waals surface area contributed by atoms with Crippen LogP contribution in [-0.4, -0.2) is 49.6 Å². The number of rotatable bonds is 7. The Morgan fingerprint density at radius 2 is 2.15 bits per heavy atom. The van der Waals surface area contributed by atoms with Crippen molar-refractivity contribution < 1.29 is 14.3 Å². The van der Waals surface area contributed by atoms with Crippen molar-refractivity contribution in [1.29, 1.82) is 0 Å². The largest absolute Gasteiger partial charge is 0.493 e. The lowest BCUT2D eigenvalue weighted by molar-refractivity contribution is 0.0927. The van der Waals surface area contributed by atoms with E-state index in [1.54, 1.807) is 38.6 Å². The van der Waals surface area contributed by atoms with Crippen LogP contribution >= 0.6 is 0 Å². The number of carbonyl (C=O) groups excluding carboxylic acids is 1. The highest BCUT2D eigenvalue weighted by atomic mass is 16.5. The summed E-state index contributed by atoms with van der Waals surface area (Å²) >= 11 is 0. The van der Waals surface area contributed by atoms with Crippen molar-refractivity contribution in [2.45, 2.75) is 19.4 Å². The lowest BCUT2D eigenvalue weighted by Crippen LogP contribution is -2.40. The van der Waals surface area contributed by atoms with Gasteiger partial charge in [-0.1, -0.05) is 12.1 Å². The van der Waals surface area contributed by atoms with Gasteiger partial charge in [0.15, 0.2) is 11.5 Å². The van der Waals surface area contributed by atoms with Gasteiger partial charge in [0.25, 0.3) is 5.91 Å². The first-order valence-corrected chi connectivity index (χ1v) is 9.31. The Morgan fingerprint density at radius 3 is 2.89 bits per heavy atom. The van der Waals surface area contributed by atoms with Crippen LogP contribution in [0.3, 0.4) is 0 Å². The number of likely N-dealkylation sites (tertiary alicyclic amines) is 1. The third-order valence-corrected chi connectivity index (χ3v) is 4.93. The number of nitrogens with one attached hydrogen (secondary N) is 1. The molecule has 1 aliphatic rings. The second-order valence-electron chi connectivity index (χ2n) is 6.86. The van der Waals surface area contributed by atoms with Gasteiger partial charge in [0.1, 0.15) is 0 Å². The number of piperidine rings is 1. The highest BCUT2D eigenvalue weighted by Crippen LogP contribution is 2.30. The van der Waals surface area contributed by atoms with Gasteiger partial charge in [0, 0.05) is 32.0 Å². The molecule has 3 rings (SSSR count). The lowest BCUT2D eigenvalue weighted by atomic mass is 9.97. The molecule has 0 spiro atoms. The van der Waals surface area contributed by atoms with Crippen molar-refractivity contribution in [1.82, 2.24) is 15.2 Å². The van der Waals surface area contributed by atoms with Gasteiger partial charge >= 0.3 is 0 Å². The number of methoxy groups -OCH3 is 2. The molecule has 0 radical (unpaired) electrons. The Kier molecular flexibility index (Phi) is 6.65. The van der Waals surface area contributed by atoms with Gasteiger partial charge in [-0.3, -0.25) is 14.7 Å². The number of hydrogen-bond donors (Lipinski definition) is 1. The van der Waals surface area contributed by atoms with Gasteiger partial charge in [0.05, 0.1) is 19.8 Å². The van der Waals surface area contributed by atoms with E-state index in [9.17, 15) is 4.79 Å².